The lowest BCUT2D eigenvalue weighted by molar-refractivity contribution is 0.338. The zero-order chi connectivity index (χ0) is 12.2. The highest BCUT2D eigenvalue weighted by Crippen LogP contribution is 2.32. The van der Waals surface area contributed by atoms with Crippen LogP contribution >= 0.6 is 15.9 Å². The Labute approximate surface area is 107 Å². The summed E-state index contributed by atoms with van der Waals surface area (Å²) >= 11 is 3.63. The highest BCUT2D eigenvalue weighted by Gasteiger charge is 2.22. The summed E-state index contributed by atoms with van der Waals surface area (Å²) in [6.45, 7) is 9.47. The van der Waals surface area contributed by atoms with Gasteiger partial charge in [0.2, 0.25) is 0 Å². The number of halogens is 1. The third kappa shape index (κ3) is 3.82. The normalized spacial score (nSPS) is 13.6. The fraction of sp³-hybridized carbons (Fsp3) is 0.571. The molecule has 0 amide bonds. The van der Waals surface area contributed by atoms with Gasteiger partial charge in [0.1, 0.15) is 5.75 Å². The minimum Gasteiger partial charge on any atom is -0.494 e. The molecule has 0 fully saturated rings. The van der Waals surface area contributed by atoms with E-state index in [0.29, 0.717) is 4.83 Å². The second-order valence-corrected chi connectivity index (χ2v) is 6.39. The number of rotatable bonds is 5. The zero-order valence-corrected chi connectivity index (χ0v) is 12.2. The van der Waals surface area contributed by atoms with Gasteiger partial charge in [0.25, 0.3) is 0 Å². The van der Waals surface area contributed by atoms with E-state index in [1.807, 2.05) is 13.0 Å². The average molecular weight is 285 g/mol. The first-order chi connectivity index (χ1) is 7.45. The van der Waals surface area contributed by atoms with Crippen LogP contribution in [0.5, 0.6) is 5.75 Å². The van der Waals surface area contributed by atoms with Crippen molar-refractivity contribution in [3.8, 4) is 5.75 Å². The number of ether oxygens (including phenoxy) is 1. The van der Waals surface area contributed by atoms with E-state index < -0.39 is 0 Å². The van der Waals surface area contributed by atoms with E-state index in [-0.39, 0.29) is 5.41 Å². The topological polar surface area (TPSA) is 9.23 Å². The molecule has 1 rings (SSSR count). The highest BCUT2D eigenvalue weighted by molar-refractivity contribution is 9.09. The molecule has 16 heavy (non-hydrogen) atoms. The summed E-state index contributed by atoms with van der Waals surface area (Å²) < 4.78 is 5.53. The van der Waals surface area contributed by atoms with Gasteiger partial charge in [-0.05, 0) is 36.5 Å². The summed E-state index contributed by atoms with van der Waals surface area (Å²) in [5, 5.41) is 0. The largest absolute Gasteiger partial charge is 0.494 e. The fourth-order valence-corrected chi connectivity index (χ4v) is 2.80. The van der Waals surface area contributed by atoms with Gasteiger partial charge in [-0.2, -0.15) is 0 Å². The molecular weight excluding hydrogens is 264 g/mol. The predicted octanol–water partition coefficient (Wildman–Crippen LogP) is 4.54. The van der Waals surface area contributed by atoms with Crippen molar-refractivity contribution in [3.63, 3.8) is 0 Å². The van der Waals surface area contributed by atoms with Crippen molar-refractivity contribution in [2.24, 2.45) is 0 Å². The first kappa shape index (κ1) is 13.6. The summed E-state index contributed by atoms with van der Waals surface area (Å²) in [6.07, 6.45) is 1.11. The number of benzene rings is 1. The van der Waals surface area contributed by atoms with Crippen LogP contribution in [0, 0.1) is 0 Å². The minimum atomic E-state index is 0.177. The first-order valence-corrected chi connectivity index (χ1v) is 6.74. The van der Waals surface area contributed by atoms with E-state index in [4.69, 9.17) is 4.74 Å². The predicted molar refractivity (Wildman–Crippen MR) is 73.6 cm³/mol. The Morgan fingerprint density at radius 1 is 1.38 bits per heavy atom. The monoisotopic (exact) mass is 284 g/mol. The van der Waals surface area contributed by atoms with Gasteiger partial charge in [0.15, 0.2) is 0 Å². The van der Waals surface area contributed by atoms with Crippen LogP contribution in [0.15, 0.2) is 24.3 Å². The Morgan fingerprint density at radius 3 is 2.62 bits per heavy atom. The number of alkyl halides is 1. The number of hydrogen-bond donors (Lipinski definition) is 0. The molecule has 1 aromatic carbocycles. The molecule has 90 valence electrons. The van der Waals surface area contributed by atoms with Crippen LogP contribution in [-0.4, -0.2) is 11.4 Å². The molecule has 0 heterocycles. The molecule has 0 aromatic heterocycles. The lowest BCUT2D eigenvalue weighted by Gasteiger charge is -2.27. The number of hydrogen-bond acceptors (Lipinski definition) is 1. The Bertz CT molecular complexity index is 331. The molecule has 0 bridgehead atoms. The van der Waals surface area contributed by atoms with E-state index in [1.165, 1.54) is 5.56 Å². The molecule has 1 aromatic rings. The summed E-state index contributed by atoms with van der Waals surface area (Å²) in [4.78, 5) is 0.526. The first-order valence-electron chi connectivity index (χ1n) is 5.83. The van der Waals surface area contributed by atoms with Crippen molar-refractivity contribution in [3.05, 3.63) is 29.8 Å². The average Bonchev–Trinajstić information content (AvgIpc) is 2.16. The Morgan fingerprint density at radius 2 is 2.06 bits per heavy atom. The SMILES string of the molecule is CCOc1cccc(C(C)(C)CC(C)Br)c1. The van der Waals surface area contributed by atoms with Crippen molar-refractivity contribution >= 4 is 15.9 Å². The molecule has 0 radical (unpaired) electrons. The maximum Gasteiger partial charge on any atom is 0.119 e. The minimum absolute atomic E-state index is 0.177. The van der Waals surface area contributed by atoms with Gasteiger partial charge in [-0.25, -0.2) is 0 Å². The van der Waals surface area contributed by atoms with Gasteiger partial charge in [-0.15, -0.1) is 0 Å². The Kier molecular flexibility index (Phi) is 4.85. The molecule has 0 saturated carbocycles. The van der Waals surface area contributed by atoms with Crippen molar-refractivity contribution in [2.75, 3.05) is 6.61 Å². The van der Waals surface area contributed by atoms with Gasteiger partial charge in [-0.3, -0.25) is 0 Å². The van der Waals surface area contributed by atoms with Crippen molar-refractivity contribution in [2.45, 2.75) is 44.4 Å². The van der Waals surface area contributed by atoms with Crippen LogP contribution < -0.4 is 4.74 Å². The van der Waals surface area contributed by atoms with Crippen molar-refractivity contribution in [1.29, 1.82) is 0 Å². The third-order valence-corrected chi connectivity index (χ3v) is 3.04. The fourth-order valence-electron chi connectivity index (χ4n) is 1.99. The van der Waals surface area contributed by atoms with Gasteiger partial charge < -0.3 is 4.74 Å². The van der Waals surface area contributed by atoms with Gasteiger partial charge >= 0.3 is 0 Å². The summed E-state index contributed by atoms with van der Waals surface area (Å²) in [7, 11) is 0. The molecule has 1 atom stereocenters. The van der Waals surface area contributed by atoms with Crippen LogP contribution in [0.4, 0.5) is 0 Å². The summed E-state index contributed by atoms with van der Waals surface area (Å²) in [5.74, 6) is 0.968. The lowest BCUT2D eigenvalue weighted by Crippen LogP contribution is -2.20. The molecule has 0 N–H and O–H groups in total. The molecule has 0 aliphatic rings. The summed E-state index contributed by atoms with van der Waals surface area (Å²) in [6, 6.07) is 8.42. The third-order valence-electron chi connectivity index (χ3n) is 2.72. The van der Waals surface area contributed by atoms with E-state index >= 15 is 0 Å². The molecule has 0 aliphatic heterocycles. The van der Waals surface area contributed by atoms with Crippen LogP contribution in [0.25, 0.3) is 0 Å². The maximum atomic E-state index is 5.53. The molecule has 1 unspecified atom stereocenters. The van der Waals surface area contributed by atoms with E-state index in [0.717, 1.165) is 18.8 Å². The van der Waals surface area contributed by atoms with E-state index in [1.54, 1.807) is 0 Å². The second-order valence-electron chi connectivity index (χ2n) is 4.83. The van der Waals surface area contributed by atoms with Crippen LogP contribution in [-0.2, 0) is 5.41 Å². The molecule has 2 heteroatoms. The van der Waals surface area contributed by atoms with Crippen molar-refractivity contribution < 1.29 is 4.74 Å². The van der Waals surface area contributed by atoms with Gasteiger partial charge in [-0.1, -0.05) is 48.8 Å². The highest BCUT2D eigenvalue weighted by atomic mass is 79.9. The van der Waals surface area contributed by atoms with Crippen LogP contribution in [0.3, 0.4) is 0 Å². The quantitative estimate of drug-likeness (QED) is 0.722. The van der Waals surface area contributed by atoms with E-state index in [9.17, 15) is 0 Å². The molecule has 0 spiro atoms. The van der Waals surface area contributed by atoms with E-state index in [2.05, 4.69) is 54.9 Å². The van der Waals surface area contributed by atoms with Crippen LogP contribution in [0.2, 0.25) is 0 Å². The second kappa shape index (κ2) is 5.72. The smallest absolute Gasteiger partial charge is 0.119 e. The molecule has 0 saturated heterocycles. The Hall–Kier alpha value is -0.500. The molecular formula is C14H21BrO. The standard InChI is InChI=1S/C14H21BrO/c1-5-16-13-8-6-7-12(9-13)14(3,4)10-11(2)15/h6-9,11H,5,10H2,1-4H3. The molecule has 0 aliphatic carbocycles. The Balaban J connectivity index is 2.89. The maximum absolute atomic E-state index is 5.53. The van der Waals surface area contributed by atoms with Gasteiger partial charge in [0.05, 0.1) is 6.61 Å². The molecule has 1 nitrogen and oxygen atoms in total. The van der Waals surface area contributed by atoms with Crippen LogP contribution in [0.1, 0.15) is 39.7 Å². The zero-order valence-electron chi connectivity index (χ0n) is 10.6. The summed E-state index contributed by atoms with van der Waals surface area (Å²) in [5.41, 5.74) is 1.51. The van der Waals surface area contributed by atoms with Crippen molar-refractivity contribution in [1.82, 2.24) is 0 Å². The lowest BCUT2D eigenvalue weighted by atomic mass is 9.81. The van der Waals surface area contributed by atoms with Gasteiger partial charge in [0, 0.05) is 4.83 Å².